The Kier molecular flexibility index (Phi) is 9.84. The lowest BCUT2D eigenvalue weighted by molar-refractivity contribution is 1.07. The van der Waals surface area contributed by atoms with Gasteiger partial charge in [-0.25, -0.2) is 24.9 Å². The summed E-state index contributed by atoms with van der Waals surface area (Å²) in [7, 11) is 0. The molecule has 0 bridgehead atoms. The maximum atomic E-state index is 5.05. The normalized spacial score (nSPS) is 11.0. The van der Waals surface area contributed by atoms with Crippen LogP contribution in [0.2, 0.25) is 0 Å². The minimum atomic E-state index is 0.621. The zero-order chi connectivity index (χ0) is 40.1. The van der Waals surface area contributed by atoms with Gasteiger partial charge in [-0.2, -0.15) is 0 Å². The minimum Gasteiger partial charge on any atom is -0.265 e. The van der Waals surface area contributed by atoms with Crippen LogP contribution in [0.4, 0.5) is 0 Å². The van der Waals surface area contributed by atoms with Crippen LogP contribution in [0.3, 0.4) is 0 Å². The van der Waals surface area contributed by atoms with Gasteiger partial charge >= 0.3 is 0 Å². The van der Waals surface area contributed by atoms with E-state index in [1.165, 1.54) is 0 Å². The first-order chi connectivity index (χ1) is 29.7. The Labute approximate surface area is 348 Å². The zero-order valence-electron chi connectivity index (χ0n) is 32.5. The largest absolute Gasteiger partial charge is 0.265 e. The molecule has 60 heavy (non-hydrogen) atoms. The number of benzene rings is 7. The smallest absolute Gasteiger partial charge is 0.164 e. The van der Waals surface area contributed by atoms with Crippen molar-refractivity contribution in [3.8, 4) is 101 Å². The third-order valence-corrected chi connectivity index (χ3v) is 10.5. The van der Waals surface area contributed by atoms with Crippen LogP contribution in [0, 0.1) is 0 Å². The maximum absolute atomic E-state index is 5.05. The second-order valence-electron chi connectivity index (χ2n) is 14.4. The molecule has 0 aliphatic rings. The number of rotatable bonds is 9. The minimum absolute atomic E-state index is 0.621. The molecule has 0 aliphatic heterocycles. The Bertz CT molecular complexity index is 2730. The zero-order valence-corrected chi connectivity index (χ0v) is 32.5. The van der Waals surface area contributed by atoms with Gasteiger partial charge in [0.2, 0.25) is 0 Å². The van der Waals surface area contributed by atoms with Gasteiger partial charge in [0.25, 0.3) is 0 Å². The number of hydrogen-bond acceptors (Lipinski definition) is 6. The molecule has 0 atom stereocenters. The molecule has 3 heterocycles. The van der Waals surface area contributed by atoms with Gasteiger partial charge in [0, 0.05) is 45.8 Å². The molecule has 0 radical (unpaired) electrons. The van der Waals surface area contributed by atoms with Gasteiger partial charge in [-0.1, -0.05) is 170 Å². The van der Waals surface area contributed by atoms with Crippen molar-refractivity contribution in [3.63, 3.8) is 0 Å². The third-order valence-electron chi connectivity index (χ3n) is 10.5. The molecule has 6 heteroatoms. The van der Waals surface area contributed by atoms with Gasteiger partial charge in [0.05, 0.1) is 11.4 Å². The van der Waals surface area contributed by atoms with E-state index in [2.05, 4.69) is 89.9 Å². The average Bonchev–Trinajstić information content (AvgIpc) is 3.35. The van der Waals surface area contributed by atoms with Crippen LogP contribution in [-0.2, 0) is 0 Å². The molecular weight excluding hydrogens is 733 g/mol. The predicted molar refractivity (Wildman–Crippen MR) is 242 cm³/mol. The van der Waals surface area contributed by atoms with E-state index in [0.717, 1.165) is 78.1 Å². The average molecular weight is 769 g/mol. The van der Waals surface area contributed by atoms with E-state index >= 15 is 0 Å². The first-order valence-corrected chi connectivity index (χ1v) is 19.8. The van der Waals surface area contributed by atoms with Crippen LogP contribution < -0.4 is 0 Å². The molecule has 0 fully saturated rings. The maximum Gasteiger partial charge on any atom is 0.164 e. The second kappa shape index (κ2) is 16.3. The van der Waals surface area contributed by atoms with E-state index in [4.69, 9.17) is 24.9 Å². The fourth-order valence-corrected chi connectivity index (χ4v) is 7.32. The summed E-state index contributed by atoms with van der Waals surface area (Å²) in [4.78, 5) is 29.1. The molecule has 0 spiro atoms. The molecule has 6 nitrogen and oxygen atoms in total. The Hall–Kier alpha value is -8.22. The van der Waals surface area contributed by atoms with Crippen LogP contribution in [-0.4, -0.2) is 29.9 Å². The number of hydrogen-bond donors (Lipinski definition) is 0. The quantitative estimate of drug-likeness (QED) is 0.145. The molecule has 0 aliphatic carbocycles. The number of aromatic nitrogens is 6. The van der Waals surface area contributed by atoms with Crippen molar-refractivity contribution < 1.29 is 0 Å². The monoisotopic (exact) mass is 768 g/mol. The molecule has 10 rings (SSSR count). The van der Waals surface area contributed by atoms with Crippen molar-refractivity contribution in [2.45, 2.75) is 0 Å². The second-order valence-corrected chi connectivity index (χ2v) is 14.4. The van der Waals surface area contributed by atoms with Crippen molar-refractivity contribution in [3.05, 3.63) is 219 Å². The summed E-state index contributed by atoms with van der Waals surface area (Å²) in [6, 6.07) is 70.5. The molecule has 3 aromatic heterocycles. The molecule has 0 saturated heterocycles. The topological polar surface area (TPSA) is 77.3 Å². The van der Waals surface area contributed by atoms with Gasteiger partial charge in [-0.05, 0) is 69.8 Å². The van der Waals surface area contributed by atoms with Crippen molar-refractivity contribution in [2.24, 2.45) is 0 Å². The van der Waals surface area contributed by atoms with Crippen LogP contribution >= 0.6 is 0 Å². The molecule has 0 unspecified atom stereocenters. The highest BCUT2D eigenvalue weighted by Gasteiger charge is 2.15. The molecule has 10 aromatic rings. The van der Waals surface area contributed by atoms with Crippen LogP contribution in [0.5, 0.6) is 0 Å². The molecule has 0 N–H and O–H groups in total. The highest BCUT2D eigenvalue weighted by molar-refractivity contribution is 5.83. The third kappa shape index (κ3) is 7.73. The Morgan fingerprint density at radius 1 is 0.200 bits per heavy atom. The first-order valence-electron chi connectivity index (χ1n) is 19.8. The number of pyridine rings is 1. The van der Waals surface area contributed by atoms with Gasteiger partial charge in [0.15, 0.2) is 23.3 Å². The van der Waals surface area contributed by atoms with Gasteiger partial charge < -0.3 is 0 Å². The lowest BCUT2D eigenvalue weighted by atomic mass is 9.93. The van der Waals surface area contributed by atoms with E-state index in [-0.39, 0.29) is 0 Å². The predicted octanol–water partition coefficient (Wildman–Crippen LogP) is 13.1. The van der Waals surface area contributed by atoms with Crippen molar-refractivity contribution >= 4 is 0 Å². The molecular formula is C54H36N6. The molecule has 7 aromatic carbocycles. The van der Waals surface area contributed by atoms with Crippen molar-refractivity contribution in [1.82, 2.24) is 29.9 Å². The summed E-state index contributed by atoms with van der Waals surface area (Å²) >= 11 is 0. The van der Waals surface area contributed by atoms with E-state index in [1.807, 2.05) is 134 Å². The molecule has 0 saturated carbocycles. The van der Waals surface area contributed by atoms with E-state index < -0.39 is 0 Å². The summed E-state index contributed by atoms with van der Waals surface area (Å²) in [6.07, 6.45) is 3.67. The summed E-state index contributed by atoms with van der Waals surface area (Å²) in [5.74, 6) is 2.59. The summed E-state index contributed by atoms with van der Waals surface area (Å²) in [5, 5.41) is 0. The molecule has 0 amide bonds. The standard InChI is InChI=1S/C54H36N6/c1-5-13-40(14-6-1)49-36-50(57-51(56-49)42-15-7-2-8-16-42)41-25-21-37(22-26-41)46-33-47(35-48(34-46)39-29-31-55-32-30-39)38-23-27-45(28-24-38)54-59-52(43-17-9-3-10-18-43)58-53(60-54)44-19-11-4-12-20-44/h1-36H. The SMILES string of the molecule is c1ccc(-c2cc(-c3ccc(-c4cc(-c5ccncc5)cc(-c5ccc(-c6nc(-c7ccccc7)nc(-c7ccccc7)n6)cc5)c4)cc3)nc(-c3ccccc3)n2)cc1. The lowest BCUT2D eigenvalue weighted by Crippen LogP contribution is -2.00. The highest BCUT2D eigenvalue weighted by Crippen LogP contribution is 2.35. The lowest BCUT2D eigenvalue weighted by Gasteiger charge is -2.13. The van der Waals surface area contributed by atoms with Crippen LogP contribution in [0.1, 0.15) is 0 Å². The van der Waals surface area contributed by atoms with E-state index in [9.17, 15) is 0 Å². The van der Waals surface area contributed by atoms with Gasteiger partial charge in [0.1, 0.15) is 0 Å². The Balaban J connectivity index is 1.01. The molecule has 282 valence electrons. The van der Waals surface area contributed by atoms with Crippen LogP contribution in [0.25, 0.3) is 101 Å². The Morgan fingerprint density at radius 2 is 0.483 bits per heavy atom. The summed E-state index contributed by atoms with van der Waals surface area (Å²) in [5.41, 5.74) is 14.1. The van der Waals surface area contributed by atoms with Gasteiger partial charge in [-0.3, -0.25) is 4.98 Å². The van der Waals surface area contributed by atoms with E-state index in [1.54, 1.807) is 0 Å². The fourth-order valence-electron chi connectivity index (χ4n) is 7.32. The van der Waals surface area contributed by atoms with Crippen LogP contribution in [0.15, 0.2) is 219 Å². The summed E-state index contributed by atoms with van der Waals surface area (Å²) in [6.45, 7) is 0. The number of nitrogens with zero attached hydrogens (tertiary/aromatic N) is 6. The van der Waals surface area contributed by atoms with Crippen molar-refractivity contribution in [1.29, 1.82) is 0 Å². The fraction of sp³-hybridized carbons (Fsp3) is 0. The van der Waals surface area contributed by atoms with Crippen molar-refractivity contribution in [2.75, 3.05) is 0 Å². The van der Waals surface area contributed by atoms with Gasteiger partial charge in [-0.15, -0.1) is 0 Å². The Morgan fingerprint density at radius 3 is 0.883 bits per heavy atom. The summed E-state index contributed by atoms with van der Waals surface area (Å²) < 4.78 is 0. The highest BCUT2D eigenvalue weighted by atomic mass is 15.0. The van der Waals surface area contributed by atoms with E-state index in [0.29, 0.717) is 23.3 Å². The first kappa shape index (κ1) is 36.1.